The number of thiophene rings is 1. The second-order valence-corrected chi connectivity index (χ2v) is 7.11. The third-order valence-corrected chi connectivity index (χ3v) is 5.01. The summed E-state index contributed by atoms with van der Waals surface area (Å²) in [5.41, 5.74) is 1.48. The molecule has 1 aromatic heterocycles. The van der Waals surface area contributed by atoms with E-state index >= 15 is 0 Å². The number of esters is 2. The molecular formula is C19H19F2NO6S. The standard InChI is InChI=1S/C19H19F2NO6S/c1-10-11(2)29-17(16(10)18(25)26-3)22-14(23)9-27-15(24)8-12-4-6-13(7-5-12)28-19(20)21/h4-7,19H,8-9H2,1-3H3,(H,22,23). The average Bonchev–Trinajstić information content (AvgIpc) is 2.94. The lowest BCUT2D eigenvalue weighted by molar-refractivity contribution is -0.146. The summed E-state index contributed by atoms with van der Waals surface area (Å²) in [5, 5.41) is 2.87. The van der Waals surface area contributed by atoms with E-state index in [4.69, 9.17) is 9.47 Å². The van der Waals surface area contributed by atoms with Crippen LogP contribution in [0.15, 0.2) is 24.3 Å². The van der Waals surface area contributed by atoms with Crippen molar-refractivity contribution in [3.63, 3.8) is 0 Å². The highest BCUT2D eigenvalue weighted by atomic mass is 32.1. The molecule has 0 spiro atoms. The van der Waals surface area contributed by atoms with Crippen molar-refractivity contribution in [2.24, 2.45) is 0 Å². The van der Waals surface area contributed by atoms with Crippen LogP contribution in [-0.4, -0.2) is 38.2 Å². The number of halogens is 2. The first kappa shape index (κ1) is 22.3. The Kier molecular flexibility index (Phi) is 7.66. The van der Waals surface area contributed by atoms with Gasteiger partial charge in [0.2, 0.25) is 0 Å². The zero-order valence-electron chi connectivity index (χ0n) is 15.9. The van der Waals surface area contributed by atoms with Gasteiger partial charge in [0, 0.05) is 4.88 Å². The van der Waals surface area contributed by atoms with Gasteiger partial charge in [-0.3, -0.25) is 9.59 Å². The van der Waals surface area contributed by atoms with Gasteiger partial charge in [-0.15, -0.1) is 11.3 Å². The van der Waals surface area contributed by atoms with Crippen LogP contribution in [0.1, 0.15) is 26.4 Å². The Morgan fingerprint density at radius 1 is 1.14 bits per heavy atom. The molecular weight excluding hydrogens is 408 g/mol. The van der Waals surface area contributed by atoms with E-state index in [1.54, 1.807) is 13.8 Å². The van der Waals surface area contributed by atoms with Crippen LogP contribution in [0.4, 0.5) is 13.8 Å². The molecule has 1 heterocycles. The zero-order valence-corrected chi connectivity index (χ0v) is 16.7. The average molecular weight is 427 g/mol. The lowest BCUT2D eigenvalue weighted by Gasteiger charge is -2.08. The number of nitrogens with one attached hydrogen (secondary N) is 1. The number of methoxy groups -OCH3 is 1. The summed E-state index contributed by atoms with van der Waals surface area (Å²) in [5.74, 6) is -1.88. The molecule has 7 nitrogen and oxygen atoms in total. The van der Waals surface area contributed by atoms with Crippen molar-refractivity contribution in [3.05, 3.63) is 45.8 Å². The summed E-state index contributed by atoms with van der Waals surface area (Å²) in [6.07, 6.45) is -0.146. The molecule has 0 bridgehead atoms. The smallest absolute Gasteiger partial charge is 0.387 e. The second-order valence-electron chi connectivity index (χ2n) is 5.89. The summed E-state index contributed by atoms with van der Waals surface area (Å²) >= 11 is 1.22. The van der Waals surface area contributed by atoms with Gasteiger partial charge in [-0.1, -0.05) is 12.1 Å². The molecule has 1 aromatic carbocycles. The molecule has 0 aliphatic carbocycles. The molecule has 0 aliphatic heterocycles. The Balaban J connectivity index is 1.89. The van der Waals surface area contributed by atoms with Gasteiger partial charge in [0.05, 0.1) is 19.1 Å². The van der Waals surface area contributed by atoms with E-state index in [0.717, 1.165) is 4.88 Å². The number of alkyl halides is 2. The summed E-state index contributed by atoms with van der Waals surface area (Å²) < 4.78 is 38.1. The first-order valence-corrected chi connectivity index (χ1v) is 9.20. The van der Waals surface area contributed by atoms with Crippen molar-refractivity contribution in [1.82, 2.24) is 0 Å². The molecule has 29 heavy (non-hydrogen) atoms. The van der Waals surface area contributed by atoms with Gasteiger partial charge in [-0.05, 0) is 37.1 Å². The van der Waals surface area contributed by atoms with Gasteiger partial charge in [0.15, 0.2) is 6.61 Å². The molecule has 0 unspecified atom stereocenters. The van der Waals surface area contributed by atoms with Crippen molar-refractivity contribution in [3.8, 4) is 5.75 Å². The number of aryl methyl sites for hydroxylation is 1. The molecule has 0 radical (unpaired) electrons. The molecule has 0 saturated carbocycles. The van der Waals surface area contributed by atoms with E-state index in [2.05, 4.69) is 10.1 Å². The highest BCUT2D eigenvalue weighted by Crippen LogP contribution is 2.32. The maximum Gasteiger partial charge on any atom is 0.387 e. The highest BCUT2D eigenvalue weighted by Gasteiger charge is 2.22. The maximum atomic E-state index is 12.1. The predicted octanol–water partition coefficient (Wildman–Crippen LogP) is 3.48. The number of amides is 1. The van der Waals surface area contributed by atoms with Gasteiger partial charge in [0.1, 0.15) is 10.8 Å². The summed E-state index contributed by atoms with van der Waals surface area (Å²) in [4.78, 5) is 36.7. The van der Waals surface area contributed by atoms with Crippen molar-refractivity contribution >= 4 is 34.2 Å². The summed E-state index contributed by atoms with van der Waals surface area (Å²) in [6, 6.07) is 5.49. The van der Waals surface area contributed by atoms with Crippen LogP contribution < -0.4 is 10.1 Å². The van der Waals surface area contributed by atoms with Gasteiger partial charge < -0.3 is 19.5 Å². The molecule has 1 N–H and O–H groups in total. The molecule has 2 rings (SSSR count). The molecule has 2 aromatic rings. The Bertz CT molecular complexity index is 895. The first-order valence-electron chi connectivity index (χ1n) is 8.38. The Morgan fingerprint density at radius 3 is 2.38 bits per heavy atom. The minimum Gasteiger partial charge on any atom is -0.465 e. The number of hydrogen-bond acceptors (Lipinski definition) is 7. The fourth-order valence-electron chi connectivity index (χ4n) is 2.38. The second kappa shape index (κ2) is 9.97. The summed E-state index contributed by atoms with van der Waals surface area (Å²) in [7, 11) is 1.24. The first-order chi connectivity index (χ1) is 13.7. The lowest BCUT2D eigenvalue weighted by Crippen LogP contribution is -2.22. The van der Waals surface area contributed by atoms with Crippen LogP contribution in [0.5, 0.6) is 5.75 Å². The molecule has 10 heteroatoms. The minimum atomic E-state index is -2.93. The maximum absolute atomic E-state index is 12.1. The molecule has 0 atom stereocenters. The number of carbonyl (C=O) groups excluding carboxylic acids is 3. The quantitative estimate of drug-likeness (QED) is 0.649. The number of anilines is 1. The fraction of sp³-hybridized carbons (Fsp3) is 0.316. The van der Waals surface area contributed by atoms with Crippen molar-refractivity contribution in [2.45, 2.75) is 26.9 Å². The van der Waals surface area contributed by atoms with Crippen molar-refractivity contribution < 1.29 is 37.4 Å². The zero-order chi connectivity index (χ0) is 21.6. The van der Waals surface area contributed by atoms with Gasteiger partial charge >= 0.3 is 18.6 Å². The Hall–Kier alpha value is -3.01. The third-order valence-electron chi connectivity index (χ3n) is 3.89. The lowest BCUT2D eigenvalue weighted by atomic mass is 10.1. The van der Waals surface area contributed by atoms with Crippen LogP contribution in [-0.2, 0) is 25.5 Å². The van der Waals surface area contributed by atoms with Crippen molar-refractivity contribution in [2.75, 3.05) is 19.0 Å². The number of carbonyl (C=O) groups is 3. The van der Waals surface area contributed by atoms with E-state index in [1.807, 2.05) is 0 Å². The third kappa shape index (κ3) is 6.24. The SMILES string of the molecule is COC(=O)c1c(NC(=O)COC(=O)Cc2ccc(OC(F)F)cc2)sc(C)c1C. The van der Waals surface area contributed by atoms with Crippen LogP contribution >= 0.6 is 11.3 Å². The predicted molar refractivity (Wildman–Crippen MR) is 101 cm³/mol. The Morgan fingerprint density at radius 2 is 1.79 bits per heavy atom. The number of ether oxygens (including phenoxy) is 3. The van der Waals surface area contributed by atoms with Crippen LogP contribution in [0.25, 0.3) is 0 Å². The molecule has 1 amide bonds. The highest BCUT2D eigenvalue weighted by molar-refractivity contribution is 7.16. The van der Waals surface area contributed by atoms with Crippen LogP contribution in [0.2, 0.25) is 0 Å². The van der Waals surface area contributed by atoms with Crippen LogP contribution in [0, 0.1) is 13.8 Å². The van der Waals surface area contributed by atoms with E-state index < -0.39 is 31.1 Å². The van der Waals surface area contributed by atoms with E-state index in [9.17, 15) is 23.2 Å². The summed E-state index contributed by atoms with van der Waals surface area (Å²) in [6.45, 7) is 0.0765. The molecule has 0 aliphatic rings. The monoisotopic (exact) mass is 427 g/mol. The molecule has 0 saturated heterocycles. The molecule has 156 valence electrons. The number of hydrogen-bond donors (Lipinski definition) is 1. The normalized spacial score (nSPS) is 10.6. The molecule has 0 fully saturated rings. The minimum absolute atomic E-state index is 0.0283. The van der Waals surface area contributed by atoms with Gasteiger partial charge in [-0.25, -0.2) is 4.79 Å². The Labute approximate surface area is 169 Å². The van der Waals surface area contributed by atoms with E-state index in [0.29, 0.717) is 16.1 Å². The van der Waals surface area contributed by atoms with E-state index in [1.165, 1.54) is 42.7 Å². The van der Waals surface area contributed by atoms with Gasteiger partial charge in [0.25, 0.3) is 5.91 Å². The number of benzene rings is 1. The largest absolute Gasteiger partial charge is 0.465 e. The van der Waals surface area contributed by atoms with Crippen LogP contribution in [0.3, 0.4) is 0 Å². The van der Waals surface area contributed by atoms with Gasteiger partial charge in [-0.2, -0.15) is 8.78 Å². The fourth-order valence-corrected chi connectivity index (χ4v) is 3.44. The topological polar surface area (TPSA) is 90.9 Å². The number of rotatable bonds is 8. The van der Waals surface area contributed by atoms with Crippen molar-refractivity contribution in [1.29, 1.82) is 0 Å². The van der Waals surface area contributed by atoms with E-state index in [-0.39, 0.29) is 17.7 Å².